The molecule has 1 aliphatic heterocycles. The summed E-state index contributed by atoms with van der Waals surface area (Å²) in [5.74, 6) is 0.0000784. The predicted molar refractivity (Wildman–Crippen MR) is 99.6 cm³/mol. The predicted octanol–water partition coefficient (Wildman–Crippen LogP) is 2.98. The van der Waals surface area contributed by atoms with Crippen LogP contribution in [0.5, 0.6) is 0 Å². The van der Waals surface area contributed by atoms with Crippen molar-refractivity contribution in [1.29, 1.82) is 0 Å². The van der Waals surface area contributed by atoms with Crippen LogP contribution >= 0.6 is 27.5 Å². The molecule has 0 radical (unpaired) electrons. The minimum atomic E-state index is -3.74. The Hall–Kier alpha value is -1.42. The van der Waals surface area contributed by atoms with Crippen LogP contribution in [0.2, 0.25) is 5.15 Å². The van der Waals surface area contributed by atoms with Gasteiger partial charge < -0.3 is 9.73 Å². The average molecular weight is 463 g/mol. The molecule has 0 saturated carbocycles. The van der Waals surface area contributed by atoms with Crippen molar-refractivity contribution in [2.45, 2.75) is 30.7 Å². The maximum absolute atomic E-state index is 12.8. The fourth-order valence-electron chi connectivity index (χ4n) is 2.82. The topological polar surface area (TPSA) is 92.5 Å². The molecule has 0 aromatic carbocycles. The van der Waals surface area contributed by atoms with E-state index in [4.69, 9.17) is 16.0 Å². The number of sulfonamides is 1. The van der Waals surface area contributed by atoms with Gasteiger partial charge in [0.1, 0.15) is 10.0 Å². The van der Waals surface area contributed by atoms with Gasteiger partial charge in [-0.1, -0.05) is 11.6 Å². The number of hydrogen-bond donors (Lipinski definition) is 1. The number of nitrogens with zero attached hydrogens (tertiary/aromatic N) is 2. The summed E-state index contributed by atoms with van der Waals surface area (Å²) in [6, 6.07) is 3.05. The van der Waals surface area contributed by atoms with E-state index in [1.807, 2.05) is 0 Å². The Morgan fingerprint density at radius 1 is 1.42 bits per heavy atom. The fourth-order valence-corrected chi connectivity index (χ4v) is 5.21. The summed E-state index contributed by atoms with van der Waals surface area (Å²) in [6.07, 6.45) is 3.92. The van der Waals surface area contributed by atoms with E-state index < -0.39 is 10.0 Å². The normalized spacial score (nSPS) is 16.6. The molecule has 0 spiro atoms. The molecule has 1 amide bonds. The number of carbonyl (C=O) groups is 1. The number of aryl methyl sites for hydroxylation is 1. The van der Waals surface area contributed by atoms with Crippen LogP contribution in [0, 0.1) is 6.92 Å². The largest absolute Gasteiger partial charge is 0.459 e. The van der Waals surface area contributed by atoms with Gasteiger partial charge in [0, 0.05) is 35.4 Å². The number of nitrogens with one attached hydrogen (secondary N) is 1. The third-order valence-electron chi connectivity index (χ3n) is 4.25. The Kier molecular flexibility index (Phi) is 5.71. The number of aromatic nitrogens is 1. The van der Waals surface area contributed by atoms with Gasteiger partial charge in [-0.2, -0.15) is 4.31 Å². The number of piperidine rings is 1. The quantitative estimate of drug-likeness (QED) is 0.705. The van der Waals surface area contributed by atoms with Crippen molar-refractivity contribution in [2.75, 3.05) is 13.1 Å². The maximum Gasteiger partial charge on any atom is 0.287 e. The van der Waals surface area contributed by atoms with Gasteiger partial charge in [-0.25, -0.2) is 13.4 Å². The van der Waals surface area contributed by atoms with Crippen molar-refractivity contribution in [3.05, 3.63) is 45.5 Å². The second-order valence-electron chi connectivity index (χ2n) is 6.03. The van der Waals surface area contributed by atoms with Crippen LogP contribution in [0.3, 0.4) is 0 Å². The van der Waals surface area contributed by atoms with Crippen LogP contribution in [0.1, 0.15) is 29.0 Å². The molecular weight excluding hydrogens is 446 g/mol. The highest BCUT2D eigenvalue weighted by Gasteiger charge is 2.32. The Balaban J connectivity index is 1.65. The Labute approximate surface area is 164 Å². The van der Waals surface area contributed by atoms with Crippen molar-refractivity contribution in [2.24, 2.45) is 0 Å². The number of furan rings is 1. The van der Waals surface area contributed by atoms with Gasteiger partial charge >= 0.3 is 0 Å². The average Bonchev–Trinajstić information content (AvgIpc) is 3.03. The van der Waals surface area contributed by atoms with Crippen molar-refractivity contribution < 1.29 is 17.6 Å². The molecule has 1 N–H and O–H groups in total. The van der Waals surface area contributed by atoms with E-state index in [0.717, 1.165) is 5.56 Å². The molecule has 140 valence electrons. The molecule has 3 heterocycles. The molecular formula is C16H17BrClN3O4S. The summed E-state index contributed by atoms with van der Waals surface area (Å²) < 4.78 is 32.7. The van der Waals surface area contributed by atoms with E-state index in [9.17, 15) is 13.2 Å². The summed E-state index contributed by atoms with van der Waals surface area (Å²) in [5.41, 5.74) is 0.763. The van der Waals surface area contributed by atoms with Gasteiger partial charge in [-0.3, -0.25) is 4.79 Å². The van der Waals surface area contributed by atoms with Crippen LogP contribution in [-0.4, -0.2) is 42.7 Å². The van der Waals surface area contributed by atoms with Crippen molar-refractivity contribution in [3.63, 3.8) is 0 Å². The third kappa shape index (κ3) is 3.95. The molecule has 1 saturated heterocycles. The van der Waals surface area contributed by atoms with Gasteiger partial charge in [0.2, 0.25) is 10.0 Å². The molecule has 7 nitrogen and oxygen atoms in total. The number of pyridine rings is 1. The van der Waals surface area contributed by atoms with Crippen LogP contribution in [-0.2, 0) is 10.0 Å². The maximum atomic E-state index is 12.8. The zero-order valence-electron chi connectivity index (χ0n) is 13.9. The molecule has 0 bridgehead atoms. The van der Waals surface area contributed by atoms with Crippen molar-refractivity contribution >= 4 is 43.5 Å². The summed E-state index contributed by atoms with van der Waals surface area (Å²) >= 11 is 9.18. The molecule has 26 heavy (non-hydrogen) atoms. The first-order valence-corrected chi connectivity index (χ1v) is 10.6. The highest BCUT2D eigenvalue weighted by Crippen LogP contribution is 2.27. The number of amides is 1. The van der Waals surface area contributed by atoms with E-state index in [2.05, 4.69) is 26.2 Å². The number of hydrogen-bond acceptors (Lipinski definition) is 5. The molecule has 1 fully saturated rings. The highest BCUT2D eigenvalue weighted by molar-refractivity contribution is 9.10. The minimum Gasteiger partial charge on any atom is -0.459 e. The van der Waals surface area contributed by atoms with Crippen molar-refractivity contribution in [3.8, 4) is 0 Å². The molecule has 2 aromatic rings. The van der Waals surface area contributed by atoms with Gasteiger partial charge in [-0.15, -0.1) is 0 Å². The van der Waals surface area contributed by atoms with E-state index in [0.29, 0.717) is 17.3 Å². The highest BCUT2D eigenvalue weighted by atomic mass is 79.9. The van der Waals surface area contributed by atoms with Crippen LogP contribution < -0.4 is 5.32 Å². The smallest absolute Gasteiger partial charge is 0.287 e. The lowest BCUT2D eigenvalue weighted by molar-refractivity contribution is 0.0895. The lowest BCUT2D eigenvalue weighted by Gasteiger charge is -2.31. The van der Waals surface area contributed by atoms with Crippen LogP contribution in [0.25, 0.3) is 0 Å². The van der Waals surface area contributed by atoms with Gasteiger partial charge in [0.15, 0.2) is 5.76 Å². The Bertz CT molecular complexity index is 923. The van der Waals surface area contributed by atoms with Gasteiger partial charge in [-0.05, 0) is 47.8 Å². The van der Waals surface area contributed by atoms with E-state index >= 15 is 0 Å². The second kappa shape index (κ2) is 7.67. The van der Waals surface area contributed by atoms with Crippen LogP contribution in [0.15, 0.2) is 38.4 Å². The SMILES string of the molecule is Cc1ccoc1C(=O)NC1CCN(S(=O)(=O)c2cc(Br)cnc2Cl)CC1. The first-order valence-electron chi connectivity index (χ1n) is 7.95. The van der Waals surface area contributed by atoms with E-state index in [-0.39, 0.29) is 40.8 Å². The summed E-state index contributed by atoms with van der Waals surface area (Å²) in [5, 5.41) is 2.84. The molecule has 2 aromatic heterocycles. The molecule has 1 aliphatic rings. The first kappa shape index (κ1) is 19.3. The Morgan fingerprint density at radius 3 is 2.73 bits per heavy atom. The number of halogens is 2. The summed E-state index contributed by atoms with van der Waals surface area (Å²) in [7, 11) is -3.74. The van der Waals surface area contributed by atoms with Gasteiger partial charge in [0.05, 0.1) is 6.26 Å². The zero-order valence-corrected chi connectivity index (χ0v) is 17.1. The zero-order chi connectivity index (χ0) is 18.9. The summed E-state index contributed by atoms with van der Waals surface area (Å²) in [6.45, 7) is 2.36. The number of carbonyl (C=O) groups excluding carboxylic acids is 1. The second-order valence-corrected chi connectivity index (χ2v) is 9.21. The standard InChI is InChI=1S/C16H17BrClN3O4S/c1-10-4-7-25-14(10)16(22)20-12-2-5-21(6-3-12)26(23,24)13-8-11(17)9-19-15(13)18/h4,7-9,12H,2-3,5-6H2,1H3,(H,20,22). The third-order valence-corrected chi connectivity index (χ3v) is 7.01. The monoisotopic (exact) mass is 461 g/mol. The lowest BCUT2D eigenvalue weighted by atomic mass is 10.1. The van der Waals surface area contributed by atoms with Crippen LogP contribution in [0.4, 0.5) is 0 Å². The minimum absolute atomic E-state index is 0.0257. The van der Waals surface area contributed by atoms with Gasteiger partial charge in [0.25, 0.3) is 5.91 Å². The molecule has 3 rings (SSSR count). The Morgan fingerprint density at radius 2 is 2.12 bits per heavy atom. The molecule has 0 aliphatic carbocycles. The molecule has 0 unspecified atom stereocenters. The summed E-state index contributed by atoms with van der Waals surface area (Å²) in [4.78, 5) is 16.1. The first-order chi connectivity index (χ1) is 12.3. The molecule has 10 heteroatoms. The van der Waals surface area contributed by atoms with E-state index in [1.165, 1.54) is 22.8 Å². The molecule has 0 atom stereocenters. The number of rotatable bonds is 4. The lowest BCUT2D eigenvalue weighted by Crippen LogP contribution is -2.46. The fraction of sp³-hybridized carbons (Fsp3) is 0.375. The van der Waals surface area contributed by atoms with Crippen molar-refractivity contribution in [1.82, 2.24) is 14.6 Å². The van der Waals surface area contributed by atoms with E-state index in [1.54, 1.807) is 13.0 Å².